The van der Waals surface area contributed by atoms with Gasteiger partial charge in [0, 0.05) is 32.1 Å². The van der Waals surface area contributed by atoms with Gasteiger partial charge in [0.05, 0.1) is 13.2 Å². The number of nitrogens with one attached hydrogen (secondary N) is 1. The molecule has 2 fully saturated rings. The molecule has 0 spiro atoms. The zero-order valence-electron chi connectivity index (χ0n) is 15.1. The van der Waals surface area contributed by atoms with E-state index in [1.54, 1.807) is 0 Å². The van der Waals surface area contributed by atoms with Gasteiger partial charge < -0.3 is 10.1 Å². The lowest BCUT2D eigenvalue weighted by Gasteiger charge is -2.39. The van der Waals surface area contributed by atoms with Crippen molar-refractivity contribution in [3.63, 3.8) is 0 Å². The Bertz CT molecular complexity index is 800. The van der Waals surface area contributed by atoms with Crippen LogP contribution < -0.4 is 5.32 Å². The highest BCUT2D eigenvalue weighted by atomic mass is 35.5. The molecule has 0 unspecified atom stereocenters. The molecule has 6 nitrogen and oxygen atoms in total. The van der Waals surface area contributed by atoms with Gasteiger partial charge in [-0.15, -0.1) is 0 Å². The molecule has 1 N–H and O–H groups in total. The van der Waals surface area contributed by atoms with Gasteiger partial charge in [-0.1, -0.05) is 11.3 Å². The molecule has 4 rings (SSSR count). The van der Waals surface area contributed by atoms with Crippen molar-refractivity contribution in [2.45, 2.75) is 50.6 Å². The first-order valence-corrected chi connectivity index (χ1v) is 10.4. The molecular formula is C17H22ClF2N5OS. The Balaban J connectivity index is 1.46. The topological polar surface area (TPSA) is 63.2 Å². The van der Waals surface area contributed by atoms with E-state index in [1.807, 2.05) is 0 Å². The zero-order valence-corrected chi connectivity index (χ0v) is 16.6. The number of aromatic nitrogens is 3. The number of fused-ring (bicyclic) bond motifs is 1. The lowest BCUT2D eigenvalue weighted by Crippen LogP contribution is -2.46. The lowest BCUT2D eigenvalue weighted by atomic mass is 9.90. The smallest absolute Gasteiger partial charge is 0.296 e. The Labute approximate surface area is 165 Å². The van der Waals surface area contributed by atoms with E-state index in [1.165, 1.54) is 0 Å². The van der Waals surface area contributed by atoms with Crippen LogP contribution in [0.25, 0.3) is 10.3 Å². The molecule has 1 saturated heterocycles. The number of rotatable bonds is 4. The van der Waals surface area contributed by atoms with Gasteiger partial charge in [-0.05, 0) is 37.3 Å². The molecule has 148 valence electrons. The van der Waals surface area contributed by atoms with Crippen LogP contribution in [0.15, 0.2) is 0 Å². The fourth-order valence-corrected chi connectivity index (χ4v) is 4.90. The predicted octanol–water partition coefficient (Wildman–Crippen LogP) is 3.91. The van der Waals surface area contributed by atoms with Crippen molar-refractivity contribution in [1.82, 2.24) is 19.9 Å². The summed E-state index contributed by atoms with van der Waals surface area (Å²) >= 11 is 6.86. The van der Waals surface area contributed by atoms with Crippen LogP contribution in [0.3, 0.4) is 0 Å². The molecule has 3 heterocycles. The zero-order chi connectivity index (χ0) is 19.0. The Hall–Kier alpha value is -1.16. The molecule has 27 heavy (non-hydrogen) atoms. The first-order valence-electron chi connectivity index (χ1n) is 9.21. The molecule has 10 heteroatoms. The minimum atomic E-state index is -3.01. The minimum Gasteiger partial charge on any atom is -0.379 e. The fourth-order valence-electron chi connectivity index (χ4n) is 3.81. The molecule has 1 aliphatic carbocycles. The predicted molar refractivity (Wildman–Crippen MR) is 102 cm³/mol. The highest BCUT2D eigenvalue weighted by Gasteiger charge is 2.31. The van der Waals surface area contributed by atoms with Crippen molar-refractivity contribution < 1.29 is 13.5 Å². The average Bonchev–Trinajstić information content (AvgIpc) is 3.08. The van der Waals surface area contributed by atoms with Crippen molar-refractivity contribution in [1.29, 1.82) is 0 Å². The number of morpholine rings is 1. The van der Waals surface area contributed by atoms with E-state index < -0.39 is 5.92 Å². The van der Waals surface area contributed by atoms with E-state index in [9.17, 15) is 8.78 Å². The molecule has 1 saturated carbocycles. The van der Waals surface area contributed by atoms with Gasteiger partial charge in [-0.25, -0.2) is 9.97 Å². The number of alkyl halides is 2. The number of hydrogen-bond acceptors (Lipinski definition) is 7. The van der Waals surface area contributed by atoms with Gasteiger partial charge in [0.25, 0.3) is 5.92 Å². The van der Waals surface area contributed by atoms with Crippen molar-refractivity contribution in [3.05, 3.63) is 10.3 Å². The number of nitrogens with zero attached hydrogens (tertiary/aromatic N) is 4. The van der Waals surface area contributed by atoms with Crippen molar-refractivity contribution in [3.8, 4) is 0 Å². The van der Waals surface area contributed by atoms with E-state index >= 15 is 0 Å². The van der Waals surface area contributed by atoms with E-state index in [-0.39, 0.29) is 16.3 Å². The molecule has 0 atom stereocenters. The second-order valence-electron chi connectivity index (χ2n) is 7.20. The van der Waals surface area contributed by atoms with E-state index in [0.29, 0.717) is 22.2 Å². The Kier molecular flexibility index (Phi) is 5.46. The van der Waals surface area contributed by atoms with Crippen LogP contribution >= 0.6 is 22.9 Å². The van der Waals surface area contributed by atoms with Crippen LogP contribution in [0.4, 0.5) is 14.6 Å². The average molecular weight is 418 g/mol. The Morgan fingerprint density at radius 3 is 2.52 bits per heavy atom. The lowest BCUT2D eigenvalue weighted by molar-refractivity contribution is 0.00791. The standard InChI is InChI=1S/C17H22ClF2N5OS/c1-17(19,20)15-22-12-13(23-16(18)24-14(12)27-15)21-10-2-4-11(5-3-10)25-6-8-26-9-7-25/h10-11H,2-9H2,1H3,(H,21,23,24)/t10-,11-. The van der Waals surface area contributed by atoms with Gasteiger partial charge in [0.2, 0.25) is 5.28 Å². The number of thiazole rings is 1. The second kappa shape index (κ2) is 7.69. The maximum atomic E-state index is 13.6. The van der Waals surface area contributed by atoms with Gasteiger partial charge in [0.1, 0.15) is 5.52 Å². The summed E-state index contributed by atoms with van der Waals surface area (Å²) in [4.78, 5) is 15.2. The highest BCUT2D eigenvalue weighted by Crippen LogP contribution is 2.36. The quantitative estimate of drug-likeness (QED) is 0.761. The molecule has 2 aromatic heterocycles. The van der Waals surface area contributed by atoms with Crippen LogP contribution in [0.1, 0.15) is 37.6 Å². The monoisotopic (exact) mass is 417 g/mol. The van der Waals surface area contributed by atoms with Crippen LogP contribution in [-0.2, 0) is 10.7 Å². The maximum absolute atomic E-state index is 13.6. The number of hydrogen-bond donors (Lipinski definition) is 1. The van der Waals surface area contributed by atoms with Crippen molar-refractivity contribution in [2.75, 3.05) is 31.6 Å². The number of halogens is 3. The van der Waals surface area contributed by atoms with Crippen molar-refractivity contribution >= 4 is 39.1 Å². The molecule has 2 aromatic rings. The summed E-state index contributed by atoms with van der Waals surface area (Å²) in [5, 5.41) is 3.15. The summed E-state index contributed by atoms with van der Waals surface area (Å²) < 4.78 is 32.7. The molecule has 2 aliphatic rings. The summed E-state index contributed by atoms with van der Waals surface area (Å²) in [6.07, 6.45) is 4.17. The normalized spacial score (nSPS) is 25.0. The third-order valence-electron chi connectivity index (χ3n) is 5.21. The molecule has 0 aromatic carbocycles. The van der Waals surface area contributed by atoms with Crippen LogP contribution in [0, 0.1) is 0 Å². The third-order valence-corrected chi connectivity index (χ3v) is 6.50. The molecule has 0 radical (unpaired) electrons. The van der Waals surface area contributed by atoms with E-state index in [0.717, 1.165) is 70.2 Å². The van der Waals surface area contributed by atoms with Crippen molar-refractivity contribution in [2.24, 2.45) is 0 Å². The van der Waals surface area contributed by atoms with Gasteiger partial charge in [-0.2, -0.15) is 13.8 Å². The van der Waals surface area contributed by atoms with Crippen LogP contribution in [0.5, 0.6) is 0 Å². The molecule has 0 bridgehead atoms. The fraction of sp³-hybridized carbons (Fsp3) is 0.706. The third kappa shape index (κ3) is 4.31. The van der Waals surface area contributed by atoms with Crippen LogP contribution in [0.2, 0.25) is 5.28 Å². The molecular weight excluding hydrogens is 396 g/mol. The van der Waals surface area contributed by atoms with E-state index in [4.69, 9.17) is 16.3 Å². The summed E-state index contributed by atoms with van der Waals surface area (Å²) in [7, 11) is 0. The van der Waals surface area contributed by atoms with Gasteiger partial charge in [0.15, 0.2) is 15.7 Å². The number of ether oxygens (including phenoxy) is 1. The summed E-state index contributed by atoms with van der Waals surface area (Å²) in [6.45, 7) is 4.45. The Morgan fingerprint density at radius 1 is 1.15 bits per heavy atom. The SMILES string of the molecule is CC(F)(F)c1nc2c(N[C@H]3CC[C@H](N4CCOCC4)CC3)nc(Cl)nc2s1. The minimum absolute atomic E-state index is 0.0432. The van der Waals surface area contributed by atoms with Gasteiger partial charge >= 0.3 is 0 Å². The Morgan fingerprint density at radius 2 is 1.85 bits per heavy atom. The van der Waals surface area contributed by atoms with E-state index in [2.05, 4.69) is 25.2 Å². The van der Waals surface area contributed by atoms with Crippen LogP contribution in [-0.4, -0.2) is 58.2 Å². The molecule has 1 aliphatic heterocycles. The summed E-state index contributed by atoms with van der Waals surface area (Å²) in [5.74, 6) is -2.56. The summed E-state index contributed by atoms with van der Waals surface area (Å²) in [6, 6.07) is 0.814. The highest BCUT2D eigenvalue weighted by molar-refractivity contribution is 7.18. The first kappa shape index (κ1) is 19.2. The second-order valence-corrected chi connectivity index (χ2v) is 8.52. The number of anilines is 1. The maximum Gasteiger partial charge on any atom is 0.296 e. The van der Waals surface area contributed by atoms with Gasteiger partial charge in [-0.3, -0.25) is 4.90 Å². The first-order chi connectivity index (χ1) is 12.9. The largest absolute Gasteiger partial charge is 0.379 e. The molecule has 0 amide bonds. The summed E-state index contributed by atoms with van der Waals surface area (Å²) in [5.41, 5.74) is 0.372.